The highest BCUT2D eigenvalue weighted by atomic mass is 32.2. The number of thiophene rings is 1. The molecule has 166 valence electrons. The van der Waals surface area contributed by atoms with Gasteiger partial charge < -0.3 is 10.1 Å². The molecule has 4 rings (SSSR count). The van der Waals surface area contributed by atoms with Crippen molar-refractivity contribution in [3.63, 3.8) is 0 Å². The number of fused-ring (bicyclic) bond motifs is 1. The molecule has 0 amide bonds. The largest absolute Gasteiger partial charge is 0.379 e. The standard InChI is InChI=1S/C22H28N4O3S2/c1-14-16(3)30-22-20(14)21(24-19(25-22)13-26-9-11-29-12-10-26)23-15(2)17-5-7-18(8-6-17)31(4,27)28/h5-8,15H,9-13H2,1-4H3,(H,23,24,25)/t15-/m0/s1. The van der Waals surface area contributed by atoms with Gasteiger partial charge in [0.2, 0.25) is 0 Å². The molecule has 1 aliphatic rings. The normalized spacial score (nSPS) is 16.5. The molecule has 1 aromatic carbocycles. The SMILES string of the molecule is Cc1sc2nc(CN3CCOCC3)nc(N[C@@H](C)c3ccc(S(C)(=O)=O)cc3)c2c1C. The highest BCUT2D eigenvalue weighted by Crippen LogP contribution is 2.35. The summed E-state index contributed by atoms with van der Waals surface area (Å²) < 4.78 is 28.9. The van der Waals surface area contributed by atoms with E-state index in [1.807, 2.05) is 12.1 Å². The monoisotopic (exact) mass is 460 g/mol. The number of morpholine rings is 1. The predicted molar refractivity (Wildman–Crippen MR) is 125 cm³/mol. The lowest BCUT2D eigenvalue weighted by Gasteiger charge is -2.26. The molecule has 3 aromatic rings. The highest BCUT2D eigenvalue weighted by Gasteiger charge is 2.19. The predicted octanol–water partition coefficient (Wildman–Crippen LogP) is 3.72. The Morgan fingerprint density at radius 2 is 1.84 bits per heavy atom. The van der Waals surface area contributed by atoms with Crippen molar-refractivity contribution in [3.05, 3.63) is 46.1 Å². The number of hydrogen-bond donors (Lipinski definition) is 1. The first-order valence-corrected chi connectivity index (χ1v) is 13.1. The molecule has 0 radical (unpaired) electrons. The Hall–Kier alpha value is -2.07. The Balaban J connectivity index is 1.64. The van der Waals surface area contributed by atoms with Crippen molar-refractivity contribution in [2.75, 3.05) is 37.9 Å². The van der Waals surface area contributed by atoms with Crippen LogP contribution in [0, 0.1) is 13.8 Å². The van der Waals surface area contributed by atoms with Gasteiger partial charge in [-0.3, -0.25) is 4.90 Å². The summed E-state index contributed by atoms with van der Waals surface area (Å²) in [6, 6.07) is 6.98. The van der Waals surface area contributed by atoms with Gasteiger partial charge in [-0.25, -0.2) is 18.4 Å². The van der Waals surface area contributed by atoms with Gasteiger partial charge in [-0.2, -0.15) is 0 Å². The van der Waals surface area contributed by atoms with E-state index in [1.165, 1.54) is 16.7 Å². The number of sulfone groups is 1. The van der Waals surface area contributed by atoms with E-state index >= 15 is 0 Å². The Morgan fingerprint density at radius 1 is 1.16 bits per heavy atom. The minimum Gasteiger partial charge on any atom is -0.379 e. The molecule has 1 aliphatic heterocycles. The van der Waals surface area contributed by atoms with E-state index in [2.05, 4.69) is 31.0 Å². The quantitative estimate of drug-likeness (QED) is 0.600. The molecule has 1 atom stereocenters. The van der Waals surface area contributed by atoms with E-state index in [9.17, 15) is 8.42 Å². The van der Waals surface area contributed by atoms with Gasteiger partial charge >= 0.3 is 0 Å². The Morgan fingerprint density at radius 3 is 2.48 bits per heavy atom. The summed E-state index contributed by atoms with van der Waals surface area (Å²) in [6.45, 7) is 10.2. The topological polar surface area (TPSA) is 84.4 Å². The minimum absolute atomic E-state index is 0.0393. The molecule has 0 spiro atoms. The van der Waals surface area contributed by atoms with Gasteiger partial charge in [-0.1, -0.05) is 12.1 Å². The van der Waals surface area contributed by atoms with Crippen LogP contribution in [0.4, 0.5) is 5.82 Å². The third kappa shape index (κ3) is 4.90. The van der Waals surface area contributed by atoms with E-state index in [0.29, 0.717) is 11.4 Å². The van der Waals surface area contributed by atoms with Crippen LogP contribution in [0.3, 0.4) is 0 Å². The Kier molecular flexibility index (Phi) is 6.30. The van der Waals surface area contributed by atoms with Crippen LogP contribution in [0.25, 0.3) is 10.2 Å². The van der Waals surface area contributed by atoms with Crippen LogP contribution < -0.4 is 5.32 Å². The van der Waals surface area contributed by atoms with Crippen LogP contribution in [-0.2, 0) is 21.1 Å². The highest BCUT2D eigenvalue weighted by molar-refractivity contribution is 7.90. The van der Waals surface area contributed by atoms with Crippen LogP contribution >= 0.6 is 11.3 Å². The van der Waals surface area contributed by atoms with Crippen molar-refractivity contribution in [2.45, 2.75) is 38.3 Å². The number of aryl methyl sites for hydroxylation is 2. The smallest absolute Gasteiger partial charge is 0.175 e. The summed E-state index contributed by atoms with van der Waals surface area (Å²) >= 11 is 1.70. The van der Waals surface area contributed by atoms with E-state index < -0.39 is 9.84 Å². The van der Waals surface area contributed by atoms with Crippen molar-refractivity contribution >= 4 is 37.2 Å². The van der Waals surface area contributed by atoms with Crippen LogP contribution in [0.1, 0.15) is 34.8 Å². The second-order valence-corrected chi connectivity index (χ2v) is 11.3. The molecule has 1 fully saturated rings. The summed E-state index contributed by atoms with van der Waals surface area (Å²) in [7, 11) is -3.21. The average molecular weight is 461 g/mol. The number of nitrogens with one attached hydrogen (secondary N) is 1. The third-order valence-corrected chi connectivity index (χ3v) is 7.93. The molecule has 7 nitrogen and oxygen atoms in total. The lowest BCUT2D eigenvalue weighted by molar-refractivity contribution is 0.0331. The van der Waals surface area contributed by atoms with E-state index in [0.717, 1.165) is 53.7 Å². The lowest BCUT2D eigenvalue weighted by Crippen LogP contribution is -2.36. The van der Waals surface area contributed by atoms with Crippen molar-refractivity contribution in [3.8, 4) is 0 Å². The Bertz CT molecular complexity index is 1180. The van der Waals surface area contributed by atoms with Crippen molar-refractivity contribution in [2.24, 2.45) is 0 Å². The molecule has 1 N–H and O–H groups in total. The van der Waals surface area contributed by atoms with Gasteiger partial charge in [0.15, 0.2) is 9.84 Å². The summed E-state index contributed by atoms with van der Waals surface area (Å²) in [6.07, 6.45) is 1.22. The number of aromatic nitrogens is 2. The van der Waals surface area contributed by atoms with Gasteiger partial charge in [0.25, 0.3) is 0 Å². The summed E-state index contributed by atoms with van der Waals surface area (Å²) in [4.78, 5) is 14.6. The van der Waals surface area contributed by atoms with Gasteiger partial charge in [-0.15, -0.1) is 11.3 Å². The number of ether oxygens (including phenoxy) is 1. The molecule has 0 saturated carbocycles. The van der Waals surface area contributed by atoms with Crippen molar-refractivity contribution in [1.82, 2.24) is 14.9 Å². The zero-order chi connectivity index (χ0) is 22.2. The van der Waals surface area contributed by atoms with Crippen molar-refractivity contribution < 1.29 is 13.2 Å². The number of benzene rings is 1. The Labute approximate surface area is 187 Å². The average Bonchev–Trinajstić information content (AvgIpc) is 3.02. The van der Waals surface area contributed by atoms with Gasteiger partial charge in [0.05, 0.1) is 30.0 Å². The number of anilines is 1. The number of hydrogen-bond acceptors (Lipinski definition) is 8. The molecule has 2 aromatic heterocycles. The maximum atomic E-state index is 11.7. The number of rotatable bonds is 6. The second-order valence-electron chi connectivity index (χ2n) is 8.05. The van der Waals surface area contributed by atoms with Crippen LogP contribution in [0.15, 0.2) is 29.2 Å². The maximum absolute atomic E-state index is 11.7. The molecule has 9 heteroatoms. The molecular weight excluding hydrogens is 432 g/mol. The molecule has 1 saturated heterocycles. The van der Waals surface area contributed by atoms with E-state index in [1.54, 1.807) is 23.5 Å². The molecule has 0 bridgehead atoms. The third-order valence-electron chi connectivity index (χ3n) is 5.71. The lowest BCUT2D eigenvalue weighted by atomic mass is 10.1. The maximum Gasteiger partial charge on any atom is 0.175 e. The van der Waals surface area contributed by atoms with Crippen LogP contribution in [0.2, 0.25) is 0 Å². The fraction of sp³-hybridized carbons (Fsp3) is 0.455. The van der Waals surface area contributed by atoms with Gasteiger partial charge in [0.1, 0.15) is 16.5 Å². The van der Waals surface area contributed by atoms with E-state index in [-0.39, 0.29) is 6.04 Å². The van der Waals surface area contributed by atoms with Crippen molar-refractivity contribution in [1.29, 1.82) is 0 Å². The van der Waals surface area contributed by atoms with Gasteiger partial charge in [0, 0.05) is 30.3 Å². The fourth-order valence-electron chi connectivity index (χ4n) is 3.72. The zero-order valence-corrected chi connectivity index (χ0v) is 19.9. The molecule has 0 unspecified atom stereocenters. The molecule has 3 heterocycles. The summed E-state index contributed by atoms with van der Waals surface area (Å²) in [5.41, 5.74) is 2.19. The zero-order valence-electron chi connectivity index (χ0n) is 18.3. The molecule has 0 aliphatic carbocycles. The minimum atomic E-state index is -3.21. The first kappa shape index (κ1) is 22.1. The first-order valence-electron chi connectivity index (χ1n) is 10.4. The fourth-order valence-corrected chi connectivity index (χ4v) is 5.40. The first-order chi connectivity index (χ1) is 14.7. The van der Waals surface area contributed by atoms with Crippen LogP contribution in [-0.4, -0.2) is 55.8 Å². The summed E-state index contributed by atoms with van der Waals surface area (Å²) in [5.74, 6) is 1.63. The van der Waals surface area contributed by atoms with E-state index in [4.69, 9.17) is 14.7 Å². The molecular formula is C22H28N4O3S2. The number of nitrogens with zero attached hydrogens (tertiary/aromatic N) is 3. The second kappa shape index (κ2) is 8.82. The summed E-state index contributed by atoms with van der Waals surface area (Å²) in [5, 5.41) is 4.62. The van der Waals surface area contributed by atoms with Crippen LogP contribution in [0.5, 0.6) is 0 Å². The molecule has 31 heavy (non-hydrogen) atoms. The van der Waals surface area contributed by atoms with Gasteiger partial charge in [-0.05, 0) is 44.0 Å².